The Kier molecular flexibility index (Phi) is 5.07. The molecule has 0 bridgehead atoms. The Bertz CT molecular complexity index is 917. The minimum absolute atomic E-state index is 0.374. The van der Waals surface area contributed by atoms with Crippen LogP contribution in [-0.2, 0) is 29.7 Å². The van der Waals surface area contributed by atoms with Crippen LogP contribution in [0.1, 0.15) is 22.3 Å². The van der Waals surface area contributed by atoms with Gasteiger partial charge in [0.2, 0.25) is 10.0 Å². The SMILES string of the molecule is Cc1ccc(S(=O)(=O)N2Cc3ccc(CN4CCN(C)CC4)cc3C2)cc1. The number of aryl methyl sites for hydroxylation is 1. The minimum Gasteiger partial charge on any atom is -0.304 e. The number of likely N-dealkylation sites (N-methyl/N-ethyl adjacent to an activating group) is 1. The Morgan fingerprint density at radius 3 is 2.26 bits per heavy atom. The first-order chi connectivity index (χ1) is 12.9. The van der Waals surface area contributed by atoms with E-state index in [9.17, 15) is 8.42 Å². The van der Waals surface area contributed by atoms with Crippen LogP contribution in [0.25, 0.3) is 0 Å². The molecule has 0 radical (unpaired) electrons. The summed E-state index contributed by atoms with van der Waals surface area (Å²) in [6.45, 7) is 8.20. The second-order valence-electron chi connectivity index (χ2n) is 7.77. The minimum atomic E-state index is -3.45. The molecule has 1 saturated heterocycles. The molecule has 27 heavy (non-hydrogen) atoms. The van der Waals surface area contributed by atoms with Gasteiger partial charge in [-0.05, 0) is 42.8 Å². The number of sulfonamides is 1. The van der Waals surface area contributed by atoms with E-state index in [1.165, 1.54) is 5.56 Å². The van der Waals surface area contributed by atoms with Gasteiger partial charge in [-0.2, -0.15) is 4.31 Å². The summed E-state index contributed by atoms with van der Waals surface area (Å²) in [7, 11) is -1.29. The Hall–Kier alpha value is -1.73. The zero-order valence-corrected chi connectivity index (χ0v) is 16.9. The van der Waals surface area contributed by atoms with Gasteiger partial charge in [-0.1, -0.05) is 35.9 Å². The molecular formula is C21H27N3O2S. The van der Waals surface area contributed by atoms with Crippen LogP contribution in [-0.4, -0.2) is 55.7 Å². The van der Waals surface area contributed by atoms with Crippen molar-refractivity contribution in [2.24, 2.45) is 0 Å². The number of hydrogen-bond donors (Lipinski definition) is 0. The standard InChI is InChI=1S/C21H27N3O2S/c1-17-3-7-21(8-4-17)27(25,26)24-15-19-6-5-18(13-20(19)16-24)14-23-11-9-22(2)10-12-23/h3-8,13H,9-12,14-16H2,1-2H3. The number of nitrogens with zero attached hydrogens (tertiary/aromatic N) is 3. The second-order valence-corrected chi connectivity index (χ2v) is 9.71. The molecule has 0 aliphatic carbocycles. The van der Waals surface area contributed by atoms with E-state index >= 15 is 0 Å². The fourth-order valence-corrected chi connectivity index (χ4v) is 5.20. The van der Waals surface area contributed by atoms with Crippen LogP contribution in [0.15, 0.2) is 47.4 Å². The Labute approximate surface area is 162 Å². The predicted octanol–water partition coefficient (Wildman–Crippen LogP) is 2.45. The van der Waals surface area contributed by atoms with Crippen molar-refractivity contribution in [3.63, 3.8) is 0 Å². The summed E-state index contributed by atoms with van der Waals surface area (Å²) in [5.74, 6) is 0. The van der Waals surface area contributed by atoms with E-state index in [4.69, 9.17) is 0 Å². The highest BCUT2D eigenvalue weighted by Gasteiger charge is 2.30. The van der Waals surface area contributed by atoms with Crippen LogP contribution in [0, 0.1) is 6.92 Å². The first-order valence-corrected chi connectivity index (χ1v) is 10.9. The third kappa shape index (κ3) is 3.94. The van der Waals surface area contributed by atoms with Gasteiger partial charge < -0.3 is 4.90 Å². The van der Waals surface area contributed by atoms with E-state index in [0.717, 1.165) is 49.4 Å². The Morgan fingerprint density at radius 1 is 0.889 bits per heavy atom. The molecule has 0 spiro atoms. The van der Waals surface area contributed by atoms with Crippen molar-refractivity contribution < 1.29 is 8.42 Å². The van der Waals surface area contributed by atoms with Crippen molar-refractivity contribution in [3.05, 3.63) is 64.7 Å². The molecule has 0 atom stereocenters. The third-order valence-corrected chi connectivity index (χ3v) is 7.43. The average molecular weight is 386 g/mol. The van der Waals surface area contributed by atoms with Crippen LogP contribution in [0.2, 0.25) is 0 Å². The molecule has 5 nitrogen and oxygen atoms in total. The van der Waals surface area contributed by atoms with Crippen LogP contribution in [0.4, 0.5) is 0 Å². The van der Waals surface area contributed by atoms with E-state index < -0.39 is 10.0 Å². The average Bonchev–Trinajstić information content (AvgIpc) is 3.08. The highest BCUT2D eigenvalue weighted by atomic mass is 32.2. The summed E-state index contributed by atoms with van der Waals surface area (Å²) in [5, 5.41) is 0. The van der Waals surface area contributed by atoms with E-state index in [0.29, 0.717) is 18.0 Å². The van der Waals surface area contributed by atoms with Crippen molar-refractivity contribution in [1.29, 1.82) is 0 Å². The molecule has 0 saturated carbocycles. The normalized spacial score (nSPS) is 19.3. The first kappa shape index (κ1) is 18.6. The van der Waals surface area contributed by atoms with Crippen molar-refractivity contribution >= 4 is 10.0 Å². The lowest BCUT2D eigenvalue weighted by Gasteiger charge is -2.32. The number of benzene rings is 2. The number of hydrogen-bond acceptors (Lipinski definition) is 4. The summed E-state index contributed by atoms with van der Waals surface area (Å²) >= 11 is 0. The summed E-state index contributed by atoms with van der Waals surface area (Å²) in [5.41, 5.74) is 4.59. The van der Waals surface area contributed by atoms with Gasteiger partial charge in [0.25, 0.3) is 0 Å². The highest BCUT2D eigenvalue weighted by Crippen LogP contribution is 2.29. The van der Waals surface area contributed by atoms with Crippen LogP contribution >= 0.6 is 0 Å². The molecule has 144 valence electrons. The van der Waals surface area contributed by atoms with Gasteiger partial charge in [-0.3, -0.25) is 4.90 Å². The molecule has 2 aliphatic rings. The lowest BCUT2D eigenvalue weighted by atomic mass is 10.1. The lowest BCUT2D eigenvalue weighted by molar-refractivity contribution is 0.148. The van der Waals surface area contributed by atoms with Crippen LogP contribution in [0.3, 0.4) is 0 Å². The van der Waals surface area contributed by atoms with Crippen molar-refractivity contribution in [2.45, 2.75) is 31.5 Å². The van der Waals surface area contributed by atoms with Gasteiger partial charge in [-0.25, -0.2) is 8.42 Å². The topological polar surface area (TPSA) is 43.9 Å². The first-order valence-electron chi connectivity index (χ1n) is 9.50. The fraction of sp³-hybridized carbons (Fsp3) is 0.429. The Morgan fingerprint density at radius 2 is 1.56 bits per heavy atom. The molecule has 2 aromatic rings. The summed E-state index contributed by atoms with van der Waals surface area (Å²) in [6.07, 6.45) is 0. The third-order valence-electron chi connectivity index (χ3n) is 5.62. The zero-order valence-electron chi connectivity index (χ0n) is 16.1. The molecular weight excluding hydrogens is 358 g/mol. The van der Waals surface area contributed by atoms with Crippen molar-refractivity contribution in [1.82, 2.24) is 14.1 Å². The molecule has 4 rings (SSSR count). The van der Waals surface area contributed by atoms with Gasteiger partial charge in [0, 0.05) is 45.8 Å². The van der Waals surface area contributed by atoms with Crippen molar-refractivity contribution in [3.8, 4) is 0 Å². The predicted molar refractivity (Wildman–Crippen MR) is 107 cm³/mol. The van der Waals surface area contributed by atoms with E-state index in [1.54, 1.807) is 16.4 Å². The zero-order chi connectivity index (χ0) is 19.0. The summed E-state index contributed by atoms with van der Waals surface area (Å²) in [6, 6.07) is 13.6. The molecule has 0 aromatic heterocycles. The van der Waals surface area contributed by atoms with Gasteiger partial charge >= 0.3 is 0 Å². The molecule has 0 unspecified atom stereocenters. The maximum atomic E-state index is 13.0. The molecule has 2 aromatic carbocycles. The summed E-state index contributed by atoms with van der Waals surface area (Å²) < 4.78 is 27.5. The quantitative estimate of drug-likeness (QED) is 0.811. The summed E-state index contributed by atoms with van der Waals surface area (Å²) in [4.78, 5) is 5.20. The molecule has 6 heteroatoms. The molecule has 0 N–H and O–H groups in total. The van der Waals surface area contributed by atoms with Crippen molar-refractivity contribution in [2.75, 3.05) is 33.2 Å². The smallest absolute Gasteiger partial charge is 0.243 e. The van der Waals surface area contributed by atoms with Gasteiger partial charge in [0.15, 0.2) is 0 Å². The van der Waals surface area contributed by atoms with Gasteiger partial charge in [0.1, 0.15) is 0 Å². The molecule has 2 heterocycles. The maximum Gasteiger partial charge on any atom is 0.243 e. The molecule has 1 fully saturated rings. The number of fused-ring (bicyclic) bond motifs is 1. The Balaban J connectivity index is 1.48. The van der Waals surface area contributed by atoms with E-state index in [-0.39, 0.29) is 0 Å². The molecule has 0 amide bonds. The lowest BCUT2D eigenvalue weighted by Crippen LogP contribution is -2.43. The van der Waals surface area contributed by atoms with Gasteiger partial charge in [-0.15, -0.1) is 0 Å². The van der Waals surface area contributed by atoms with E-state index in [1.807, 2.05) is 19.1 Å². The maximum absolute atomic E-state index is 13.0. The van der Waals surface area contributed by atoms with Crippen LogP contribution in [0.5, 0.6) is 0 Å². The monoisotopic (exact) mass is 385 g/mol. The van der Waals surface area contributed by atoms with E-state index in [2.05, 4.69) is 35.0 Å². The highest BCUT2D eigenvalue weighted by molar-refractivity contribution is 7.89. The van der Waals surface area contributed by atoms with Gasteiger partial charge in [0.05, 0.1) is 4.90 Å². The second kappa shape index (κ2) is 7.36. The number of rotatable bonds is 4. The van der Waals surface area contributed by atoms with Crippen LogP contribution < -0.4 is 0 Å². The fourth-order valence-electron chi connectivity index (χ4n) is 3.81. The largest absolute Gasteiger partial charge is 0.304 e. The molecule has 2 aliphatic heterocycles. The number of piperazine rings is 1.